The zero-order chi connectivity index (χ0) is 15.9. The second-order valence-electron chi connectivity index (χ2n) is 4.73. The number of methoxy groups -OCH3 is 1. The molecule has 0 bridgehead atoms. The van der Waals surface area contributed by atoms with E-state index in [4.69, 9.17) is 9.39 Å². The van der Waals surface area contributed by atoms with E-state index in [9.17, 15) is 5.02 Å². The van der Waals surface area contributed by atoms with Crippen LogP contribution < -0.4 is 10.2 Å². The van der Waals surface area contributed by atoms with Gasteiger partial charge in [-0.3, -0.25) is 0 Å². The first-order valence-electron chi connectivity index (χ1n) is 7.51. The van der Waals surface area contributed by atoms with Crippen LogP contribution >= 0.6 is 0 Å². The van der Waals surface area contributed by atoms with Crippen molar-refractivity contribution in [1.29, 1.82) is 0 Å². The molecule has 0 atom stereocenters. The Morgan fingerprint density at radius 2 is 1.82 bits per heavy atom. The molecule has 0 saturated heterocycles. The number of hydrogen-bond donors (Lipinski definition) is 1. The third-order valence-electron chi connectivity index (χ3n) is 3.39. The van der Waals surface area contributed by atoms with E-state index in [1.165, 1.54) is 0 Å². The lowest BCUT2D eigenvalue weighted by Gasteiger charge is -2.01. The highest BCUT2D eigenvalue weighted by molar-refractivity contribution is 6.61. The summed E-state index contributed by atoms with van der Waals surface area (Å²) in [6.07, 6.45) is 4.08. The standard InChI is InChI=1S/C16H15BO3.C2H6/c1-19-15-4-2-3-12(10-15)5-6-13-7-8-16-14(9-13)11-20-17(16)18;1-2/h2-10,18H,11H2,1H3;1-2H3/b6-5+;. The molecule has 22 heavy (non-hydrogen) atoms. The number of ether oxygens (including phenoxy) is 1. The van der Waals surface area contributed by atoms with Crippen LogP contribution in [0.4, 0.5) is 0 Å². The van der Waals surface area contributed by atoms with Crippen LogP contribution in [-0.4, -0.2) is 19.3 Å². The topological polar surface area (TPSA) is 38.7 Å². The first-order valence-corrected chi connectivity index (χ1v) is 7.51. The van der Waals surface area contributed by atoms with E-state index in [1.807, 2.05) is 68.5 Å². The minimum absolute atomic E-state index is 0.470. The van der Waals surface area contributed by atoms with Gasteiger partial charge in [0, 0.05) is 0 Å². The van der Waals surface area contributed by atoms with Crippen molar-refractivity contribution in [3.05, 3.63) is 59.2 Å². The number of hydrogen-bond acceptors (Lipinski definition) is 3. The van der Waals surface area contributed by atoms with E-state index in [2.05, 4.69) is 0 Å². The first-order chi connectivity index (χ1) is 10.8. The van der Waals surface area contributed by atoms with Gasteiger partial charge in [-0.2, -0.15) is 0 Å². The summed E-state index contributed by atoms with van der Waals surface area (Å²) in [5.41, 5.74) is 4.08. The van der Waals surface area contributed by atoms with Gasteiger partial charge in [0.15, 0.2) is 0 Å². The van der Waals surface area contributed by atoms with Crippen LogP contribution in [0.1, 0.15) is 30.5 Å². The zero-order valence-corrected chi connectivity index (χ0v) is 13.2. The highest BCUT2D eigenvalue weighted by atomic mass is 16.5. The molecule has 1 heterocycles. The second kappa shape index (κ2) is 7.83. The summed E-state index contributed by atoms with van der Waals surface area (Å²) >= 11 is 0. The monoisotopic (exact) mass is 296 g/mol. The average Bonchev–Trinajstić information content (AvgIpc) is 2.96. The summed E-state index contributed by atoms with van der Waals surface area (Å²) in [6, 6.07) is 13.8. The molecule has 1 N–H and O–H groups in total. The van der Waals surface area contributed by atoms with Crippen molar-refractivity contribution in [1.82, 2.24) is 0 Å². The predicted octanol–water partition coefficient (Wildman–Crippen LogP) is 3.11. The van der Waals surface area contributed by atoms with Gasteiger partial charge in [0.1, 0.15) is 5.75 Å². The molecule has 0 spiro atoms. The highest BCUT2D eigenvalue weighted by Crippen LogP contribution is 2.17. The summed E-state index contributed by atoms with van der Waals surface area (Å²) < 4.78 is 10.4. The van der Waals surface area contributed by atoms with Crippen LogP contribution in [0.15, 0.2) is 42.5 Å². The Balaban J connectivity index is 0.000000847. The minimum atomic E-state index is -0.776. The molecule has 1 aliphatic heterocycles. The van der Waals surface area contributed by atoms with Crippen LogP contribution in [0.3, 0.4) is 0 Å². The largest absolute Gasteiger partial charge is 0.497 e. The molecule has 2 aromatic rings. The van der Waals surface area contributed by atoms with Crippen molar-refractivity contribution in [2.24, 2.45) is 0 Å². The fraction of sp³-hybridized carbons (Fsp3) is 0.222. The molecule has 114 valence electrons. The molecule has 0 aromatic heterocycles. The maximum Gasteiger partial charge on any atom is 0.491 e. The van der Waals surface area contributed by atoms with Crippen molar-refractivity contribution in [3.63, 3.8) is 0 Å². The van der Waals surface area contributed by atoms with Crippen molar-refractivity contribution in [3.8, 4) is 5.75 Å². The fourth-order valence-corrected chi connectivity index (χ4v) is 2.29. The van der Waals surface area contributed by atoms with Crippen LogP contribution in [0.5, 0.6) is 5.75 Å². The Labute approximate surface area is 132 Å². The molecule has 4 heteroatoms. The number of rotatable bonds is 3. The Hall–Kier alpha value is -2.04. The van der Waals surface area contributed by atoms with Gasteiger partial charge in [-0.1, -0.05) is 50.3 Å². The third-order valence-corrected chi connectivity index (χ3v) is 3.39. The molecular formula is C18H21BO3. The van der Waals surface area contributed by atoms with Gasteiger partial charge in [0.2, 0.25) is 0 Å². The number of benzene rings is 2. The molecular weight excluding hydrogens is 275 g/mol. The maximum atomic E-state index is 9.58. The van der Waals surface area contributed by atoms with Gasteiger partial charge in [-0.05, 0) is 40.4 Å². The zero-order valence-electron chi connectivity index (χ0n) is 13.2. The molecule has 0 amide bonds. The van der Waals surface area contributed by atoms with E-state index in [0.29, 0.717) is 6.61 Å². The van der Waals surface area contributed by atoms with E-state index in [0.717, 1.165) is 27.9 Å². The van der Waals surface area contributed by atoms with E-state index >= 15 is 0 Å². The van der Waals surface area contributed by atoms with Gasteiger partial charge < -0.3 is 14.4 Å². The van der Waals surface area contributed by atoms with Crippen LogP contribution in [0.2, 0.25) is 0 Å². The van der Waals surface area contributed by atoms with Crippen molar-refractivity contribution >= 4 is 24.7 Å². The molecule has 3 nitrogen and oxygen atoms in total. The molecule has 2 aromatic carbocycles. The fourth-order valence-electron chi connectivity index (χ4n) is 2.29. The minimum Gasteiger partial charge on any atom is -0.497 e. The third kappa shape index (κ3) is 3.78. The quantitative estimate of drug-likeness (QED) is 0.698. The normalized spacial score (nSPS) is 12.8. The van der Waals surface area contributed by atoms with Crippen molar-refractivity contribution in [2.75, 3.05) is 7.11 Å². The molecule has 3 rings (SSSR count). The van der Waals surface area contributed by atoms with E-state index in [1.54, 1.807) is 7.11 Å². The van der Waals surface area contributed by atoms with Gasteiger partial charge in [-0.25, -0.2) is 0 Å². The lowest BCUT2D eigenvalue weighted by molar-refractivity contribution is 0.275. The SMILES string of the molecule is CC.COc1cccc(/C=C/c2ccc3c(c2)COB3O)c1. The first kappa shape index (κ1) is 16.3. The Bertz CT molecular complexity index is 653. The lowest BCUT2D eigenvalue weighted by Crippen LogP contribution is -2.27. The van der Waals surface area contributed by atoms with Crippen LogP contribution in [0, 0.1) is 0 Å². The Morgan fingerprint density at radius 3 is 2.55 bits per heavy atom. The Morgan fingerprint density at radius 1 is 1.09 bits per heavy atom. The van der Waals surface area contributed by atoms with Gasteiger partial charge in [0.25, 0.3) is 0 Å². The maximum absolute atomic E-state index is 9.58. The summed E-state index contributed by atoms with van der Waals surface area (Å²) in [7, 11) is 0.885. The predicted molar refractivity (Wildman–Crippen MR) is 92.1 cm³/mol. The van der Waals surface area contributed by atoms with Gasteiger partial charge in [-0.15, -0.1) is 0 Å². The van der Waals surface area contributed by atoms with Gasteiger partial charge in [0.05, 0.1) is 13.7 Å². The van der Waals surface area contributed by atoms with Crippen molar-refractivity contribution < 1.29 is 14.4 Å². The van der Waals surface area contributed by atoms with Crippen molar-refractivity contribution in [2.45, 2.75) is 20.5 Å². The van der Waals surface area contributed by atoms with Gasteiger partial charge >= 0.3 is 7.12 Å². The molecule has 0 unspecified atom stereocenters. The summed E-state index contributed by atoms with van der Waals surface area (Å²) in [5.74, 6) is 0.845. The molecule has 0 radical (unpaired) electrons. The molecule has 0 aliphatic carbocycles. The number of fused-ring (bicyclic) bond motifs is 1. The smallest absolute Gasteiger partial charge is 0.491 e. The molecule has 0 fully saturated rings. The van der Waals surface area contributed by atoms with E-state index < -0.39 is 7.12 Å². The van der Waals surface area contributed by atoms with Crippen LogP contribution in [-0.2, 0) is 11.3 Å². The summed E-state index contributed by atoms with van der Waals surface area (Å²) in [6.45, 7) is 4.47. The highest BCUT2D eigenvalue weighted by Gasteiger charge is 2.26. The average molecular weight is 296 g/mol. The summed E-state index contributed by atoms with van der Waals surface area (Å²) in [5, 5.41) is 9.58. The lowest BCUT2D eigenvalue weighted by atomic mass is 9.79. The second-order valence-corrected chi connectivity index (χ2v) is 4.73. The van der Waals surface area contributed by atoms with E-state index in [-0.39, 0.29) is 0 Å². The molecule has 0 saturated carbocycles. The molecule has 1 aliphatic rings. The summed E-state index contributed by atoms with van der Waals surface area (Å²) in [4.78, 5) is 0. The van der Waals surface area contributed by atoms with Crippen LogP contribution in [0.25, 0.3) is 12.2 Å². The Kier molecular flexibility index (Phi) is 5.81.